The maximum atomic E-state index is 8.98. The van der Waals surface area contributed by atoms with Gasteiger partial charge in [0.2, 0.25) is 0 Å². The number of anilines is 1. The minimum atomic E-state index is 0.635. The van der Waals surface area contributed by atoms with E-state index in [1.165, 1.54) is 32.6 Å². The van der Waals surface area contributed by atoms with Crippen LogP contribution in [0.15, 0.2) is 18.3 Å². The Morgan fingerprint density at radius 1 is 1.25 bits per heavy atom. The quantitative estimate of drug-likeness (QED) is 0.795. The molecule has 5 heteroatoms. The molecule has 3 heterocycles. The third kappa shape index (κ3) is 2.77. The molecular weight excluding hydrogens is 250 g/mol. The molecule has 0 radical (unpaired) electrons. The molecule has 0 spiro atoms. The minimum absolute atomic E-state index is 0.635. The number of hydrogen-bond acceptors (Lipinski definition) is 5. The molecule has 0 bridgehead atoms. The van der Waals surface area contributed by atoms with Gasteiger partial charge >= 0.3 is 0 Å². The SMILES string of the molecule is CN1CCN(C2CCN(c3cc(C#N)ccn3)C2)CC1. The highest BCUT2D eigenvalue weighted by Gasteiger charge is 2.29. The summed E-state index contributed by atoms with van der Waals surface area (Å²) in [5.74, 6) is 0.945. The summed E-state index contributed by atoms with van der Waals surface area (Å²) in [6, 6.07) is 6.48. The first-order valence-electron chi connectivity index (χ1n) is 7.30. The van der Waals surface area contributed by atoms with Crippen LogP contribution in [0.1, 0.15) is 12.0 Å². The van der Waals surface area contributed by atoms with Crippen molar-refractivity contribution in [2.75, 3.05) is 51.2 Å². The van der Waals surface area contributed by atoms with Crippen LogP contribution in [0, 0.1) is 11.3 Å². The van der Waals surface area contributed by atoms with Gasteiger partial charge in [0, 0.05) is 51.5 Å². The molecule has 0 aromatic carbocycles. The molecule has 1 aromatic rings. The highest BCUT2D eigenvalue weighted by atomic mass is 15.3. The Morgan fingerprint density at radius 2 is 2.05 bits per heavy atom. The molecule has 0 aliphatic carbocycles. The summed E-state index contributed by atoms with van der Waals surface area (Å²) in [5.41, 5.74) is 0.693. The summed E-state index contributed by atoms with van der Waals surface area (Å²) in [6.45, 7) is 6.74. The monoisotopic (exact) mass is 271 g/mol. The van der Waals surface area contributed by atoms with Crippen molar-refractivity contribution in [1.82, 2.24) is 14.8 Å². The number of rotatable bonds is 2. The van der Waals surface area contributed by atoms with Crippen LogP contribution in [0.4, 0.5) is 5.82 Å². The average Bonchev–Trinajstić information content (AvgIpc) is 2.98. The normalized spacial score (nSPS) is 24.8. The number of likely N-dealkylation sites (N-methyl/N-ethyl adjacent to an activating group) is 1. The third-order valence-electron chi connectivity index (χ3n) is 4.42. The van der Waals surface area contributed by atoms with E-state index in [0.29, 0.717) is 11.6 Å². The van der Waals surface area contributed by atoms with Crippen molar-refractivity contribution in [2.24, 2.45) is 0 Å². The Balaban J connectivity index is 1.63. The van der Waals surface area contributed by atoms with Gasteiger partial charge in [0.15, 0.2) is 0 Å². The van der Waals surface area contributed by atoms with Gasteiger partial charge in [0.25, 0.3) is 0 Å². The molecule has 0 saturated carbocycles. The summed E-state index contributed by atoms with van der Waals surface area (Å²) in [5, 5.41) is 8.98. The molecule has 5 nitrogen and oxygen atoms in total. The lowest BCUT2D eigenvalue weighted by Gasteiger charge is -2.36. The minimum Gasteiger partial charge on any atom is -0.355 e. The fourth-order valence-corrected chi connectivity index (χ4v) is 3.10. The van der Waals surface area contributed by atoms with Crippen molar-refractivity contribution in [2.45, 2.75) is 12.5 Å². The van der Waals surface area contributed by atoms with Gasteiger partial charge in [0.05, 0.1) is 11.6 Å². The number of hydrogen-bond donors (Lipinski definition) is 0. The van der Waals surface area contributed by atoms with Gasteiger partial charge in [-0.25, -0.2) is 4.98 Å². The Hall–Kier alpha value is -1.64. The average molecular weight is 271 g/mol. The topological polar surface area (TPSA) is 46.4 Å². The number of nitrogens with zero attached hydrogens (tertiary/aromatic N) is 5. The van der Waals surface area contributed by atoms with E-state index < -0.39 is 0 Å². The van der Waals surface area contributed by atoms with Gasteiger partial charge < -0.3 is 9.80 Å². The van der Waals surface area contributed by atoms with Crippen LogP contribution in [0.3, 0.4) is 0 Å². The standard InChI is InChI=1S/C15H21N5/c1-18-6-8-19(9-7-18)14-3-5-20(12-14)15-10-13(11-16)2-4-17-15/h2,4,10,14H,3,5-9,12H2,1H3. The van der Waals surface area contributed by atoms with Crippen molar-refractivity contribution in [3.63, 3.8) is 0 Å². The van der Waals surface area contributed by atoms with Crippen LogP contribution in [0.25, 0.3) is 0 Å². The van der Waals surface area contributed by atoms with Gasteiger partial charge in [-0.2, -0.15) is 5.26 Å². The first-order valence-corrected chi connectivity index (χ1v) is 7.30. The van der Waals surface area contributed by atoms with Crippen LogP contribution < -0.4 is 4.90 Å². The molecule has 1 atom stereocenters. The van der Waals surface area contributed by atoms with Gasteiger partial charge in [-0.1, -0.05) is 0 Å². The van der Waals surface area contributed by atoms with E-state index in [-0.39, 0.29) is 0 Å². The van der Waals surface area contributed by atoms with Gasteiger partial charge in [-0.3, -0.25) is 4.90 Å². The van der Waals surface area contributed by atoms with Gasteiger partial charge in [-0.05, 0) is 25.6 Å². The molecular formula is C15H21N5. The van der Waals surface area contributed by atoms with E-state index >= 15 is 0 Å². The summed E-state index contributed by atoms with van der Waals surface area (Å²) in [4.78, 5) is 11.7. The smallest absolute Gasteiger partial charge is 0.129 e. The van der Waals surface area contributed by atoms with Crippen molar-refractivity contribution in [3.05, 3.63) is 23.9 Å². The summed E-state index contributed by atoms with van der Waals surface area (Å²) in [7, 11) is 2.19. The Kier molecular flexibility index (Phi) is 3.86. The third-order valence-corrected chi connectivity index (χ3v) is 4.42. The van der Waals surface area contributed by atoms with E-state index in [2.05, 4.69) is 32.8 Å². The van der Waals surface area contributed by atoms with Crippen LogP contribution in [-0.2, 0) is 0 Å². The van der Waals surface area contributed by atoms with E-state index in [4.69, 9.17) is 5.26 Å². The number of aromatic nitrogens is 1. The van der Waals surface area contributed by atoms with Gasteiger partial charge in [0.1, 0.15) is 5.82 Å². The van der Waals surface area contributed by atoms with Crippen LogP contribution >= 0.6 is 0 Å². The lowest BCUT2D eigenvalue weighted by molar-refractivity contribution is 0.120. The Bertz CT molecular complexity index is 501. The Morgan fingerprint density at radius 3 is 2.80 bits per heavy atom. The number of pyridine rings is 1. The summed E-state index contributed by atoms with van der Waals surface area (Å²) >= 11 is 0. The molecule has 0 N–H and O–H groups in total. The lowest BCUT2D eigenvalue weighted by atomic mass is 10.2. The molecule has 2 saturated heterocycles. The largest absolute Gasteiger partial charge is 0.355 e. The fourth-order valence-electron chi connectivity index (χ4n) is 3.10. The molecule has 2 aliphatic rings. The highest BCUT2D eigenvalue weighted by molar-refractivity contribution is 5.45. The fraction of sp³-hybridized carbons (Fsp3) is 0.600. The predicted molar refractivity (Wildman–Crippen MR) is 78.6 cm³/mol. The van der Waals surface area contributed by atoms with Crippen LogP contribution in [0.5, 0.6) is 0 Å². The molecule has 3 rings (SSSR count). The van der Waals surface area contributed by atoms with Crippen molar-refractivity contribution in [1.29, 1.82) is 5.26 Å². The van der Waals surface area contributed by atoms with E-state index in [0.717, 1.165) is 18.9 Å². The van der Waals surface area contributed by atoms with Crippen LogP contribution in [0.2, 0.25) is 0 Å². The molecule has 20 heavy (non-hydrogen) atoms. The molecule has 1 aromatic heterocycles. The summed E-state index contributed by atoms with van der Waals surface area (Å²) < 4.78 is 0. The zero-order chi connectivity index (χ0) is 13.9. The number of nitriles is 1. The maximum absolute atomic E-state index is 8.98. The zero-order valence-electron chi connectivity index (χ0n) is 12.0. The van der Waals surface area contributed by atoms with Crippen LogP contribution in [-0.4, -0.2) is 67.1 Å². The summed E-state index contributed by atoms with van der Waals surface area (Å²) in [6.07, 6.45) is 2.93. The zero-order valence-corrected chi connectivity index (χ0v) is 12.0. The molecule has 106 valence electrons. The van der Waals surface area contributed by atoms with E-state index in [1.807, 2.05) is 6.07 Å². The molecule has 1 unspecified atom stereocenters. The number of piperazine rings is 1. The molecule has 2 aliphatic heterocycles. The van der Waals surface area contributed by atoms with Crippen molar-refractivity contribution < 1.29 is 0 Å². The maximum Gasteiger partial charge on any atom is 0.129 e. The van der Waals surface area contributed by atoms with E-state index in [9.17, 15) is 0 Å². The lowest BCUT2D eigenvalue weighted by Crippen LogP contribution is -2.49. The van der Waals surface area contributed by atoms with Gasteiger partial charge in [-0.15, -0.1) is 0 Å². The molecule has 2 fully saturated rings. The second-order valence-corrected chi connectivity index (χ2v) is 5.74. The highest BCUT2D eigenvalue weighted by Crippen LogP contribution is 2.22. The first-order chi connectivity index (χ1) is 9.76. The van der Waals surface area contributed by atoms with Crippen molar-refractivity contribution >= 4 is 5.82 Å². The van der Waals surface area contributed by atoms with Crippen molar-refractivity contribution in [3.8, 4) is 6.07 Å². The van der Waals surface area contributed by atoms with E-state index in [1.54, 1.807) is 12.3 Å². The predicted octanol–water partition coefficient (Wildman–Crippen LogP) is 0.779. The first kappa shape index (κ1) is 13.3. The molecule has 0 amide bonds. The Labute approximate surface area is 120 Å². The second kappa shape index (κ2) is 5.78. The second-order valence-electron chi connectivity index (χ2n) is 5.74.